The van der Waals surface area contributed by atoms with Crippen molar-refractivity contribution in [3.05, 3.63) is 59.1 Å². The number of para-hydroxylation sites is 1. The summed E-state index contributed by atoms with van der Waals surface area (Å²) in [5.74, 6) is -0.818. The van der Waals surface area contributed by atoms with Crippen molar-refractivity contribution in [2.45, 2.75) is 19.3 Å². The second kappa shape index (κ2) is 9.16. The number of carboxylic acids is 1. The Kier molecular flexibility index (Phi) is 6.41. The van der Waals surface area contributed by atoms with Gasteiger partial charge in [-0.15, -0.1) is 11.3 Å². The number of carbonyl (C=O) groups is 1. The van der Waals surface area contributed by atoms with Crippen molar-refractivity contribution >= 4 is 44.9 Å². The number of nitriles is 1. The van der Waals surface area contributed by atoms with E-state index < -0.39 is 5.97 Å². The fourth-order valence-electron chi connectivity index (χ4n) is 2.87. The number of nitrogens with zero attached hydrogens (tertiary/aromatic N) is 3. The number of hydrogen-bond donors (Lipinski definition) is 1. The summed E-state index contributed by atoms with van der Waals surface area (Å²) >= 11 is 1.58. The van der Waals surface area contributed by atoms with Gasteiger partial charge in [0.05, 0.1) is 22.7 Å². The number of rotatable bonds is 8. The summed E-state index contributed by atoms with van der Waals surface area (Å²) < 4.78 is 1.09. The normalized spacial score (nSPS) is 11.4. The van der Waals surface area contributed by atoms with E-state index in [2.05, 4.69) is 11.1 Å². The van der Waals surface area contributed by atoms with E-state index in [-0.39, 0.29) is 6.42 Å². The zero-order valence-electron chi connectivity index (χ0n) is 15.6. The molecule has 1 N–H and O–H groups in total. The summed E-state index contributed by atoms with van der Waals surface area (Å²) in [6, 6.07) is 18.1. The van der Waals surface area contributed by atoms with Gasteiger partial charge in [-0.1, -0.05) is 24.3 Å². The third-order valence-electron chi connectivity index (χ3n) is 4.41. The second-order valence-electron chi connectivity index (χ2n) is 6.47. The Bertz CT molecular complexity index is 999. The largest absolute Gasteiger partial charge is 0.481 e. The van der Waals surface area contributed by atoms with Crippen LogP contribution in [0.5, 0.6) is 0 Å². The highest BCUT2D eigenvalue weighted by molar-refractivity contribution is 7.19. The van der Waals surface area contributed by atoms with Gasteiger partial charge in [0.25, 0.3) is 0 Å². The lowest BCUT2D eigenvalue weighted by Gasteiger charge is -2.17. The first-order chi connectivity index (χ1) is 13.6. The minimum Gasteiger partial charge on any atom is -0.481 e. The van der Waals surface area contributed by atoms with Crippen LogP contribution in [0.4, 0.5) is 5.69 Å². The van der Waals surface area contributed by atoms with E-state index in [4.69, 9.17) is 10.4 Å². The van der Waals surface area contributed by atoms with Crippen molar-refractivity contribution in [3.8, 4) is 6.07 Å². The summed E-state index contributed by atoms with van der Waals surface area (Å²) in [4.78, 5) is 17.8. The minimum absolute atomic E-state index is 0.0662. The number of carboxylic acid groups (broad SMARTS) is 1. The van der Waals surface area contributed by atoms with Crippen LogP contribution < -0.4 is 4.90 Å². The van der Waals surface area contributed by atoms with E-state index in [0.717, 1.165) is 32.0 Å². The average molecular weight is 391 g/mol. The molecular weight excluding hydrogens is 370 g/mol. The van der Waals surface area contributed by atoms with E-state index in [9.17, 15) is 4.79 Å². The highest BCUT2D eigenvalue weighted by atomic mass is 32.1. The smallest absolute Gasteiger partial charge is 0.303 e. The van der Waals surface area contributed by atoms with Crippen molar-refractivity contribution in [3.63, 3.8) is 0 Å². The Morgan fingerprint density at radius 2 is 1.96 bits per heavy atom. The molecule has 0 aliphatic rings. The molecule has 0 fully saturated rings. The maximum absolute atomic E-state index is 11.1. The lowest BCUT2D eigenvalue weighted by molar-refractivity contribution is -0.136. The molecule has 0 unspecified atom stereocenters. The number of benzene rings is 2. The molecule has 0 spiro atoms. The zero-order chi connectivity index (χ0) is 19.9. The van der Waals surface area contributed by atoms with Crippen LogP contribution in [0.1, 0.15) is 29.8 Å². The van der Waals surface area contributed by atoms with Gasteiger partial charge < -0.3 is 10.0 Å². The highest BCUT2D eigenvalue weighted by Crippen LogP contribution is 2.31. The van der Waals surface area contributed by atoms with Gasteiger partial charge in [-0.3, -0.25) is 4.79 Å². The van der Waals surface area contributed by atoms with E-state index in [1.54, 1.807) is 11.3 Å². The first-order valence-electron chi connectivity index (χ1n) is 9.03. The fourth-order valence-corrected chi connectivity index (χ4v) is 3.87. The summed E-state index contributed by atoms with van der Waals surface area (Å²) in [6.07, 6.45) is 2.99. The SMILES string of the molecule is CN(CCC#N)c1ccc(C=C(CCC(=O)O)c2nc3ccccc3s2)cc1. The van der Waals surface area contributed by atoms with E-state index >= 15 is 0 Å². The predicted molar refractivity (Wildman–Crippen MR) is 114 cm³/mol. The van der Waals surface area contributed by atoms with Crippen LogP contribution in [0.3, 0.4) is 0 Å². The van der Waals surface area contributed by atoms with Gasteiger partial charge in [0.2, 0.25) is 0 Å². The van der Waals surface area contributed by atoms with Crippen molar-refractivity contribution < 1.29 is 9.90 Å². The quantitative estimate of drug-likeness (QED) is 0.581. The van der Waals surface area contributed by atoms with Gasteiger partial charge in [0, 0.05) is 25.7 Å². The number of aliphatic carboxylic acids is 1. The topological polar surface area (TPSA) is 77.2 Å². The number of allylic oxidation sites excluding steroid dienone is 1. The molecule has 28 heavy (non-hydrogen) atoms. The summed E-state index contributed by atoms with van der Waals surface area (Å²) in [7, 11) is 1.96. The number of thiazole rings is 1. The Morgan fingerprint density at radius 3 is 2.64 bits per heavy atom. The second-order valence-corrected chi connectivity index (χ2v) is 7.50. The molecule has 6 heteroatoms. The van der Waals surface area contributed by atoms with Gasteiger partial charge in [0.15, 0.2) is 0 Å². The minimum atomic E-state index is -0.818. The van der Waals surface area contributed by atoms with E-state index in [1.807, 2.05) is 66.6 Å². The van der Waals surface area contributed by atoms with Crippen LogP contribution in [-0.2, 0) is 4.79 Å². The molecule has 3 aromatic rings. The van der Waals surface area contributed by atoms with E-state index in [0.29, 0.717) is 19.4 Å². The molecule has 1 aromatic heterocycles. The molecule has 0 aliphatic heterocycles. The van der Waals surface area contributed by atoms with Crippen molar-refractivity contribution in [2.75, 3.05) is 18.5 Å². The molecule has 2 aromatic carbocycles. The molecule has 0 amide bonds. The van der Waals surface area contributed by atoms with E-state index in [1.165, 1.54) is 0 Å². The Balaban J connectivity index is 1.88. The number of hydrogen-bond acceptors (Lipinski definition) is 5. The lowest BCUT2D eigenvalue weighted by atomic mass is 10.1. The summed E-state index contributed by atoms with van der Waals surface area (Å²) in [5.41, 5.74) is 3.89. The Labute approximate surface area is 168 Å². The monoisotopic (exact) mass is 391 g/mol. The lowest BCUT2D eigenvalue weighted by Crippen LogP contribution is -2.17. The standard InChI is InChI=1S/C22H21N3O2S/c1-25(14-4-13-23)18-10-7-16(8-11-18)15-17(9-12-21(26)27)22-24-19-5-2-3-6-20(19)28-22/h2-3,5-8,10-11,15H,4,9,12,14H2,1H3,(H,26,27). The van der Waals surface area contributed by atoms with Crippen molar-refractivity contribution in [2.24, 2.45) is 0 Å². The Morgan fingerprint density at radius 1 is 1.21 bits per heavy atom. The van der Waals surface area contributed by atoms with Gasteiger partial charge in [-0.2, -0.15) is 5.26 Å². The third-order valence-corrected chi connectivity index (χ3v) is 5.52. The molecular formula is C22H21N3O2S. The molecule has 0 radical (unpaired) electrons. The Hall–Kier alpha value is -3.17. The molecule has 0 atom stereocenters. The van der Waals surface area contributed by atoms with Crippen LogP contribution in [0.25, 0.3) is 21.9 Å². The summed E-state index contributed by atoms with van der Waals surface area (Å²) in [6.45, 7) is 0.682. The molecule has 142 valence electrons. The van der Waals surface area contributed by atoms with Crippen LogP contribution in [-0.4, -0.2) is 29.7 Å². The molecule has 0 bridgehead atoms. The van der Waals surface area contributed by atoms with Crippen molar-refractivity contribution in [1.29, 1.82) is 5.26 Å². The summed E-state index contributed by atoms with van der Waals surface area (Å²) in [5, 5.41) is 18.7. The maximum atomic E-state index is 11.1. The van der Waals surface area contributed by atoms with Gasteiger partial charge >= 0.3 is 5.97 Å². The molecule has 0 saturated heterocycles. The number of fused-ring (bicyclic) bond motifs is 1. The van der Waals surface area contributed by atoms with Gasteiger partial charge in [-0.25, -0.2) is 4.98 Å². The van der Waals surface area contributed by atoms with Crippen molar-refractivity contribution in [1.82, 2.24) is 4.98 Å². The molecule has 5 nitrogen and oxygen atoms in total. The van der Waals surface area contributed by atoms with Gasteiger partial charge in [0.1, 0.15) is 5.01 Å². The molecule has 1 heterocycles. The molecule has 3 rings (SSSR count). The molecule has 0 saturated carbocycles. The van der Waals surface area contributed by atoms with Crippen LogP contribution in [0.15, 0.2) is 48.5 Å². The number of aromatic nitrogens is 1. The van der Waals surface area contributed by atoms with Crippen LogP contribution >= 0.6 is 11.3 Å². The first kappa shape index (κ1) is 19.6. The number of anilines is 1. The third kappa shape index (κ3) is 4.96. The highest BCUT2D eigenvalue weighted by Gasteiger charge is 2.11. The molecule has 0 aliphatic carbocycles. The average Bonchev–Trinajstić information content (AvgIpc) is 3.13. The van der Waals surface area contributed by atoms with Crippen LogP contribution in [0, 0.1) is 11.3 Å². The zero-order valence-corrected chi connectivity index (χ0v) is 16.4. The fraction of sp³-hybridized carbons (Fsp3) is 0.227. The van der Waals surface area contributed by atoms with Gasteiger partial charge in [-0.05, 0) is 47.9 Å². The maximum Gasteiger partial charge on any atom is 0.303 e. The van der Waals surface area contributed by atoms with Crippen LogP contribution in [0.2, 0.25) is 0 Å². The predicted octanol–water partition coefficient (Wildman–Crippen LogP) is 5.05. The first-order valence-corrected chi connectivity index (χ1v) is 9.85.